The molecule has 1 aliphatic rings. The second-order valence-corrected chi connectivity index (χ2v) is 11.8. The summed E-state index contributed by atoms with van der Waals surface area (Å²) < 4.78 is 0. The number of likely N-dealkylation sites (N-methyl/N-ethyl adjacent to an activating group) is 2. The van der Waals surface area contributed by atoms with Crippen molar-refractivity contribution < 1.29 is 14.4 Å². The Kier molecular flexibility index (Phi) is 12.0. The van der Waals surface area contributed by atoms with E-state index in [1.807, 2.05) is 71.0 Å². The van der Waals surface area contributed by atoms with Crippen molar-refractivity contribution in [2.24, 2.45) is 11.8 Å². The molecule has 1 aromatic carbocycles. The van der Waals surface area contributed by atoms with E-state index in [1.165, 1.54) is 0 Å². The number of nitrogens with zero attached hydrogens (tertiary/aromatic N) is 3. The number of hydrogen-bond donors (Lipinski definition) is 1. The standard InChI is InChI=1S/C31H50N4O3/c1-21(2)27(19-24(7)30(37)33(8)20-25-15-11-10-12-16-25)34(9)31(38)28(22(3)4)32-29(36)26-17-13-14-18-35(26)23(5)6/h10-12,15-16,19,21-23,26-28H,13-14,17-18,20H2,1-9H3,(H,32,36)/t26-,27-,28+/m1/s1. The topological polar surface area (TPSA) is 73.0 Å². The molecule has 7 heteroatoms. The summed E-state index contributed by atoms with van der Waals surface area (Å²) in [6.45, 7) is 15.5. The Bertz CT molecular complexity index is 957. The van der Waals surface area contributed by atoms with Gasteiger partial charge in [-0.05, 0) is 57.6 Å². The first-order chi connectivity index (χ1) is 17.8. The third kappa shape index (κ3) is 8.42. The molecule has 3 atom stereocenters. The van der Waals surface area contributed by atoms with Crippen molar-refractivity contribution in [1.29, 1.82) is 0 Å². The van der Waals surface area contributed by atoms with E-state index in [-0.39, 0.29) is 47.7 Å². The molecule has 1 N–H and O–H groups in total. The number of carbonyl (C=O) groups excluding carboxylic acids is 3. The first-order valence-corrected chi connectivity index (χ1v) is 14.2. The van der Waals surface area contributed by atoms with Gasteiger partial charge in [0.25, 0.3) is 0 Å². The molecule has 1 saturated heterocycles. The van der Waals surface area contributed by atoms with Crippen LogP contribution in [0.15, 0.2) is 42.0 Å². The van der Waals surface area contributed by atoms with Crippen molar-refractivity contribution in [2.45, 2.75) is 98.4 Å². The average Bonchev–Trinajstić information content (AvgIpc) is 2.88. The molecular weight excluding hydrogens is 476 g/mol. The van der Waals surface area contributed by atoms with Crippen molar-refractivity contribution in [3.63, 3.8) is 0 Å². The molecule has 2 rings (SSSR count). The largest absolute Gasteiger partial charge is 0.343 e. The lowest BCUT2D eigenvalue weighted by atomic mass is 9.95. The molecule has 1 aromatic rings. The molecule has 0 aliphatic carbocycles. The van der Waals surface area contributed by atoms with Crippen molar-refractivity contribution in [3.05, 3.63) is 47.5 Å². The maximum atomic E-state index is 13.8. The van der Waals surface area contributed by atoms with Crippen LogP contribution in [0.2, 0.25) is 0 Å². The highest BCUT2D eigenvalue weighted by Gasteiger charge is 2.36. The Balaban J connectivity index is 2.17. The number of likely N-dealkylation sites (tertiary alicyclic amines) is 1. The maximum absolute atomic E-state index is 13.8. The molecule has 1 fully saturated rings. The van der Waals surface area contributed by atoms with Gasteiger partial charge in [0.05, 0.1) is 12.1 Å². The third-order valence-corrected chi connectivity index (χ3v) is 7.59. The van der Waals surface area contributed by atoms with Crippen LogP contribution in [-0.4, -0.2) is 77.2 Å². The first-order valence-electron chi connectivity index (χ1n) is 14.2. The lowest BCUT2D eigenvalue weighted by Gasteiger charge is -2.39. The van der Waals surface area contributed by atoms with E-state index in [4.69, 9.17) is 0 Å². The maximum Gasteiger partial charge on any atom is 0.249 e. The summed E-state index contributed by atoms with van der Waals surface area (Å²) in [5.41, 5.74) is 1.66. The van der Waals surface area contributed by atoms with Crippen molar-refractivity contribution in [3.8, 4) is 0 Å². The minimum Gasteiger partial charge on any atom is -0.343 e. The lowest BCUT2D eigenvalue weighted by Crippen LogP contribution is -2.58. The Morgan fingerprint density at radius 1 is 1.00 bits per heavy atom. The minimum absolute atomic E-state index is 0.0654. The van der Waals surface area contributed by atoms with E-state index in [0.29, 0.717) is 12.1 Å². The predicted molar refractivity (Wildman–Crippen MR) is 154 cm³/mol. The molecule has 0 saturated carbocycles. The zero-order valence-electron chi connectivity index (χ0n) is 25.0. The SMILES string of the molecule is CC(=C[C@H](C(C)C)N(C)C(=O)[C@@H](NC(=O)[C@H]1CCCCN1C(C)C)C(C)C)C(=O)N(C)Cc1ccccc1. The summed E-state index contributed by atoms with van der Waals surface area (Å²) in [5, 5.41) is 3.10. The molecule has 0 aromatic heterocycles. The fraction of sp³-hybridized carbons (Fsp3) is 0.645. The fourth-order valence-corrected chi connectivity index (χ4v) is 5.29. The summed E-state index contributed by atoms with van der Waals surface area (Å²) in [6.07, 6.45) is 4.83. The van der Waals surface area contributed by atoms with Crippen LogP contribution in [0.3, 0.4) is 0 Å². The quantitative estimate of drug-likeness (QED) is 0.432. The summed E-state index contributed by atoms with van der Waals surface area (Å²) in [6, 6.07) is 9.04. The van der Waals surface area contributed by atoms with Crippen molar-refractivity contribution in [1.82, 2.24) is 20.0 Å². The van der Waals surface area contributed by atoms with E-state index in [1.54, 1.807) is 23.9 Å². The molecule has 0 unspecified atom stereocenters. The van der Waals surface area contributed by atoms with Crippen LogP contribution in [-0.2, 0) is 20.9 Å². The smallest absolute Gasteiger partial charge is 0.249 e. The summed E-state index contributed by atoms with van der Waals surface area (Å²) in [5.74, 6) is -0.247. The molecule has 1 heterocycles. The Labute approximate surface area is 230 Å². The van der Waals surface area contributed by atoms with Crippen LogP contribution >= 0.6 is 0 Å². The van der Waals surface area contributed by atoms with Crippen LogP contribution in [0.4, 0.5) is 0 Å². The van der Waals surface area contributed by atoms with Gasteiger partial charge in [0.1, 0.15) is 6.04 Å². The van der Waals surface area contributed by atoms with Crippen LogP contribution in [0.1, 0.15) is 73.3 Å². The van der Waals surface area contributed by atoms with Gasteiger partial charge in [-0.15, -0.1) is 0 Å². The van der Waals surface area contributed by atoms with Gasteiger partial charge >= 0.3 is 0 Å². The van der Waals surface area contributed by atoms with Gasteiger partial charge in [0.15, 0.2) is 0 Å². The number of piperidine rings is 1. The van der Waals surface area contributed by atoms with E-state index in [2.05, 4.69) is 24.1 Å². The number of carbonyl (C=O) groups is 3. The number of benzene rings is 1. The first kappa shape index (κ1) is 31.5. The van der Waals surface area contributed by atoms with E-state index < -0.39 is 6.04 Å². The molecule has 212 valence electrons. The average molecular weight is 527 g/mol. The van der Waals surface area contributed by atoms with Crippen molar-refractivity contribution in [2.75, 3.05) is 20.6 Å². The summed E-state index contributed by atoms with van der Waals surface area (Å²) in [7, 11) is 3.57. The molecule has 0 bridgehead atoms. The zero-order valence-corrected chi connectivity index (χ0v) is 25.0. The second-order valence-electron chi connectivity index (χ2n) is 11.8. The Hall–Kier alpha value is -2.67. The van der Waals surface area contributed by atoms with Crippen molar-refractivity contribution >= 4 is 17.7 Å². The van der Waals surface area contributed by atoms with Crippen LogP contribution < -0.4 is 5.32 Å². The van der Waals surface area contributed by atoms with E-state index in [9.17, 15) is 14.4 Å². The molecule has 7 nitrogen and oxygen atoms in total. The van der Waals surface area contributed by atoms with Gasteiger partial charge < -0.3 is 15.1 Å². The second kappa shape index (κ2) is 14.5. The number of rotatable bonds is 11. The highest BCUT2D eigenvalue weighted by molar-refractivity contribution is 5.93. The Morgan fingerprint density at radius 2 is 1.63 bits per heavy atom. The van der Waals surface area contributed by atoms with Gasteiger partial charge in [-0.1, -0.05) is 70.5 Å². The highest BCUT2D eigenvalue weighted by Crippen LogP contribution is 2.22. The van der Waals surface area contributed by atoms with Gasteiger partial charge in [-0.3, -0.25) is 19.3 Å². The monoisotopic (exact) mass is 526 g/mol. The van der Waals surface area contributed by atoms with Gasteiger partial charge in [0.2, 0.25) is 17.7 Å². The molecular formula is C31H50N4O3. The minimum atomic E-state index is -0.630. The molecule has 1 aliphatic heterocycles. The van der Waals surface area contributed by atoms with Crippen LogP contribution in [0.25, 0.3) is 0 Å². The van der Waals surface area contributed by atoms with Gasteiger partial charge in [-0.2, -0.15) is 0 Å². The van der Waals surface area contributed by atoms with E-state index >= 15 is 0 Å². The van der Waals surface area contributed by atoms with Gasteiger partial charge in [-0.25, -0.2) is 0 Å². The fourth-order valence-electron chi connectivity index (χ4n) is 5.29. The number of hydrogen-bond acceptors (Lipinski definition) is 4. The summed E-state index contributed by atoms with van der Waals surface area (Å²) in [4.78, 5) is 45.9. The van der Waals surface area contributed by atoms with E-state index in [0.717, 1.165) is 31.4 Å². The lowest BCUT2D eigenvalue weighted by molar-refractivity contribution is -0.140. The molecule has 0 spiro atoms. The normalized spacial score (nSPS) is 18.4. The van der Waals surface area contributed by atoms with Crippen LogP contribution in [0.5, 0.6) is 0 Å². The molecule has 38 heavy (non-hydrogen) atoms. The Morgan fingerprint density at radius 3 is 2.18 bits per heavy atom. The number of nitrogens with one attached hydrogen (secondary N) is 1. The molecule has 3 amide bonds. The third-order valence-electron chi connectivity index (χ3n) is 7.59. The zero-order chi connectivity index (χ0) is 28.6. The van der Waals surface area contributed by atoms with Gasteiger partial charge in [0, 0.05) is 32.3 Å². The summed E-state index contributed by atoms with van der Waals surface area (Å²) >= 11 is 0. The highest BCUT2D eigenvalue weighted by atomic mass is 16.2. The predicted octanol–water partition coefficient (Wildman–Crippen LogP) is 4.48. The molecule has 0 radical (unpaired) electrons. The number of amides is 3. The van der Waals surface area contributed by atoms with Crippen LogP contribution in [0, 0.1) is 11.8 Å².